The quantitative estimate of drug-likeness (QED) is 0.572. The number of halogens is 1. The number of hydrogen-bond donors (Lipinski definition) is 1. The fraction of sp³-hybridized carbons (Fsp3) is 0.105. The summed E-state index contributed by atoms with van der Waals surface area (Å²) in [5, 5.41) is 0. The number of fused-ring (bicyclic) bond motifs is 2. The lowest BCUT2D eigenvalue weighted by atomic mass is 10.2. The molecule has 0 radical (unpaired) electrons. The van der Waals surface area contributed by atoms with Crippen LogP contribution in [0.2, 0.25) is 0 Å². The van der Waals surface area contributed by atoms with Crippen molar-refractivity contribution in [1.82, 2.24) is 14.5 Å². The zero-order valence-electron chi connectivity index (χ0n) is 13.9. The van der Waals surface area contributed by atoms with Gasteiger partial charge in [-0.3, -0.25) is 4.57 Å². The van der Waals surface area contributed by atoms with Crippen molar-refractivity contribution in [3.8, 4) is 5.69 Å². The van der Waals surface area contributed by atoms with Gasteiger partial charge in [0.25, 0.3) is 0 Å². The third-order valence-electron chi connectivity index (χ3n) is 4.07. The average molecular weight is 350 g/mol. The number of nitrogens with two attached hydrogens (primary N) is 1. The number of carbonyl (C=O) groups excluding carboxylic acids is 1. The van der Waals surface area contributed by atoms with Gasteiger partial charge < -0.3 is 10.5 Å². The van der Waals surface area contributed by atoms with Crippen molar-refractivity contribution in [2.75, 3.05) is 12.3 Å². The molecule has 2 heterocycles. The highest BCUT2D eigenvalue weighted by molar-refractivity contribution is 6.09. The Labute approximate surface area is 148 Å². The molecule has 0 saturated heterocycles. The number of carbonyl (C=O) groups is 1. The third-order valence-corrected chi connectivity index (χ3v) is 4.07. The third kappa shape index (κ3) is 2.36. The Morgan fingerprint density at radius 1 is 1.12 bits per heavy atom. The number of nitrogen functional groups attached to an aromatic ring is 1. The first-order valence-corrected chi connectivity index (χ1v) is 8.10. The molecular formula is C19H15FN4O2. The van der Waals surface area contributed by atoms with Gasteiger partial charge in [-0.15, -0.1) is 0 Å². The van der Waals surface area contributed by atoms with Crippen molar-refractivity contribution >= 4 is 34.0 Å². The van der Waals surface area contributed by atoms with Crippen LogP contribution in [0.1, 0.15) is 17.3 Å². The molecule has 2 N–H and O–H groups in total. The standard InChI is InChI=1S/C19H15FN4O2/c1-2-26-19(25)15-16-18(23-13-9-5-4-8-12(13)22-16)24(17(15)21)14-10-6-3-7-11(14)20/h3-10H,2,21H2,1H3. The average Bonchev–Trinajstić information content (AvgIpc) is 2.91. The largest absolute Gasteiger partial charge is 0.462 e. The highest BCUT2D eigenvalue weighted by Crippen LogP contribution is 2.32. The first-order valence-electron chi connectivity index (χ1n) is 8.10. The van der Waals surface area contributed by atoms with Crippen LogP contribution >= 0.6 is 0 Å². The molecule has 0 unspecified atom stereocenters. The van der Waals surface area contributed by atoms with E-state index < -0.39 is 11.8 Å². The van der Waals surface area contributed by atoms with Gasteiger partial charge in [0.05, 0.1) is 23.3 Å². The van der Waals surface area contributed by atoms with E-state index in [-0.39, 0.29) is 29.2 Å². The molecule has 7 heteroatoms. The Morgan fingerprint density at radius 2 is 1.77 bits per heavy atom. The van der Waals surface area contributed by atoms with Crippen molar-refractivity contribution in [2.45, 2.75) is 6.92 Å². The van der Waals surface area contributed by atoms with E-state index in [9.17, 15) is 9.18 Å². The van der Waals surface area contributed by atoms with Gasteiger partial charge >= 0.3 is 5.97 Å². The molecule has 0 aliphatic carbocycles. The second-order valence-electron chi connectivity index (χ2n) is 5.65. The van der Waals surface area contributed by atoms with E-state index in [0.717, 1.165) is 0 Å². The minimum absolute atomic E-state index is 0.0406. The summed E-state index contributed by atoms with van der Waals surface area (Å²) >= 11 is 0. The van der Waals surface area contributed by atoms with Crippen LogP contribution in [0.25, 0.3) is 27.9 Å². The van der Waals surface area contributed by atoms with Crippen molar-refractivity contribution in [3.63, 3.8) is 0 Å². The SMILES string of the molecule is CCOC(=O)c1c(N)n(-c2ccccc2F)c2nc3ccccc3nc12. The number of aromatic nitrogens is 3. The van der Waals surface area contributed by atoms with Gasteiger partial charge in [-0.1, -0.05) is 24.3 Å². The van der Waals surface area contributed by atoms with Gasteiger partial charge in [0, 0.05) is 0 Å². The fourth-order valence-corrected chi connectivity index (χ4v) is 2.94. The van der Waals surface area contributed by atoms with Crippen LogP contribution in [-0.2, 0) is 4.74 Å². The summed E-state index contributed by atoms with van der Waals surface area (Å²) in [6.07, 6.45) is 0. The molecule has 0 atom stereocenters. The number of hydrogen-bond acceptors (Lipinski definition) is 5. The molecule has 0 saturated carbocycles. The highest BCUT2D eigenvalue weighted by atomic mass is 19.1. The number of benzene rings is 2. The van der Waals surface area contributed by atoms with Gasteiger partial charge in [0.15, 0.2) is 5.65 Å². The van der Waals surface area contributed by atoms with Crippen molar-refractivity contribution in [2.24, 2.45) is 0 Å². The summed E-state index contributed by atoms with van der Waals surface area (Å²) in [5.41, 5.74) is 8.31. The molecule has 0 fully saturated rings. The summed E-state index contributed by atoms with van der Waals surface area (Å²) < 4.78 is 20.9. The van der Waals surface area contributed by atoms with Crippen LogP contribution in [0.3, 0.4) is 0 Å². The Balaban J connectivity index is 2.14. The first kappa shape index (κ1) is 16.0. The van der Waals surface area contributed by atoms with E-state index in [4.69, 9.17) is 10.5 Å². The lowest BCUT2D eigenvalue weighted by Crippen LogP contribution is -2.09. The van der Waals surface area contributed by atoms with Crippen LogP contribution in [0, 0.1) is 5.82 Å². The van der Waals surface area contributed by atoms with E-state index in [1.165, 1.54) is 10.6 Å². The first-order chi connectivity index (χ1) is 12.6. The van der Waals surface area contributed by atoms with E-state index >= 15 is 0 Å². The molecule has 2 aromatic heterocycles. The minimum atomic E-state index is -0.616. The minimum Gasteiger partial charge on any atom is -0.462 e. The maximum absolute atomic E-state index is 14.4. The Kier molecular flexibility index (Phi) is 3.76. The predicted octanol–water partition coefficient (Wildman–Crippen LogP) is 3.47. The van der Waals surface area contributed by atoms with Crippen LogP contribution in [0.4, 0.5) is 10.2 Å². The Bertz CT molecular complexity index is 1150. The molecule has 130 valence electrons. The second-order valence-corrected chi connectivity index (χ2v) is 5.65. The van der Waals surface area contributed by atoms with E-state index in [0.29, 0.717) is 16.7 Å². The summed E-state index contributed by atoms with van der Waals surface area (Å²) in [6.45, 7) is 1.89. The number of rotatable bonds is 3. The van der Waals surface area contributed by atoms with Crippen molar-refractivity contribution in [3.05, 3.63) is 59.9 Å². The molecule has 2 aromatic carbocycles. The summed E-state index contributed by atoms with van der Waals surface area (Å²) in [6, 6.07) is 13.4. The lowest BCUT2D eigenvalue weighted by molar-refractivity contribution is 0.0529. The number of nitrogens with zero attached hydrogens (tertiary/aromatic N) is 3. The van der Waals surface area contributed by atoms with Crippen LogP contribution < -0.4 is 5.73 Å². The van der Waals surface area contributed by atoms with Crippen LogP contribution in [0.5, 0.6) is 0 Å². The maximum Gasteiger partial charge on any atom is 0.344 e. The maximum atomic E-state index is 14.4. The van der Waals surface area contributed by atoms with Gasteiger partial charge in [-0.25, -0.2) is 19.2 Å². The molecule has 4 rings (SSSR count). The molecule has 0 bridgehead atoms. The number of anilines is 1. The summed E-state index contributed by atoms with van der Waals surface area (Å²) in [7, 11) is 0. The molecule has 6 nitrogen and oxygen atoms in total. The lowest BCUT2D eigenvalue weighted by Gasteiger charge is -2.08. The van der Waals surface area contributed by atoms with Crippen LogP contribution in [-0.4, -0.2) is 27.1 Å². The van der Waals surface area contributed by atoms with Gasteiger partial charge in [-0.05, 0) is 31.2 Å². The Morgan fingerprint density at radius 3 is 2.46 bits per heavy atom. The van der Waals surface area contributed by atoms with Gasteiger partial charge in [0.2, 0.25) is 0 Å². The van der Waals surface area contributed by atoms with Crippen LogP contribution in [0.15, 0.2) is 48.5 Å². The zero-order chi connectivity index (χ0) is 18.3. The van der Waals surface area contributed by atoms with Crippen molar-refractivity contribution in [1.29, 1.82) is 0 Å². The number of ether oxygens (including phenoxy) is 1. The monoisotopic (exact) mass is 350 g/mol. The van der Waals surface area contributed by atoms with E-state index in [1.54, 1.807) is 37.3 Å². The molecule has 0 aliphatic rings. The zero-order valence-corrected chi connectivity index (χ0v) is 13.9. The molecule has 0 aliphatic heterocycles. The summed E-state index contributed by atoms with van der Waals surface area (Å²) in [5.74, 6) is -1.06. The normalized spacial score (nSPS) is 11.2. The van der Waals surface area contributed by atoms with E-state index in [2.05, 4.69) is 9.97 Å². The topological polar surface area (TPSA) is 83.0 Å². The number of para-hydroxylation sites is 3. The fourth-order valence-electron chi connectivity index (χ4n) is 2.94. The Hall–Kier alpha value is -3.48. The molecular weight excluding hydrogens is 335 g/mol. The van der Waals surface area contributed by atoms with Gasteiger partial charge in [-0.2, -0.15) is 0 Å². The number of esters is 1. The molecule has 4 aromatic rings. The molecule has 26 heavy (non-hydrogen) atoms. The summed E-state index contributed by atoms with van der Waals surface area (Å²) in [4.78, 5) is 21.6. The molecule has 0 spiro atoms. The smallest absolute Gasteiger partial charge is 0.344 e. The van der Waals surface area contributed by atoms with Gasteiger partial charge in [0.1, 0.15) is 22.7 Å². The highest BCUT2D eigenvalue weighted by Gasteiger charge is 2.26. The predicted molar refractivity (Wildman–Crippen MR) is 96.7 cm³/mol. The second kappa shape index (κ2) is 6.11. The molecule has 0 amide bonds. The van der Waals surface area contributed by atoms with Crippen molar-refractivity contribution < 1.29 is 13.9 Å². The van der Waals surface area contributed by atoms with E-state index in [1.807, 2.05) is 12.1 Å².